The molecule has 0 bridgehead atoms. The molecule has 0 aliphatic rings. The highest BCUT2D eigenvalue weighted by molar-refractivity contribution is 7.91. The molecule has 0 radical (unpaired) electrons. The first kappa shape index (κ1) is 16.3. The van der Waals surface area contributed by atoms with Crippen LogP contribution in [0.4, 0.5) is 0 Å². The number of sulfone groups is 1. The summed E-state index contributed by atoms with van der Waals surface area (Å²) in [5, 5.41) is 0. The van der Waals surface area contributed by atoms with Gasteiger partial charge in [0, 0.05) is 0 Å². The summed E-state index contributed by atoms with van der Waals surface area (Å²) >= 11 is 0. The monoisotopic (exact) mass is 308 g/mol. The van der Waals surface area contributed by atoms with Crippen molar-refractivity contribution in [3.63, 3.8) is 0 Å². The second-order valence-corrected chi connectivity index (χ2v) is 7.49. The third-order valence-electron chi connectivity index (χ3n) is 2.53. The van der Waals surface area contributed by atoms with Crippen molar-refractivity contribution in [3.8, 4) is 0 Å². The predicted octanol–water partition coefficient (Wildman–Crippen LogP) is 1.52. The van der Waals surface area contributed by atoms with Crippen molar-refractivity contribution in [2.24, 2.45) is 0 Å². The Morgan fingerprint density at radius 2 is 1.79 bits per heavy atom. The molecule has 6 nitrogen and oxygen atoms in total. The van der Waals surface area contributed by atoms with E-state index in [2.05, 4.69) is 4.52 Å². The third-order valence-corrected chi connectivity index (χ3v) is 4.80. The van der Waals surface area contributed by atoms with Crippen molar-refractivity contribution in [3.05, 3.63) is 29.8 Å². The molecular weight excluding hydrogens is 291 g/mol. The van der Waals surface area contributed by atoms with Crippen molar-refractivity contribution in [1.29, 1.82) is 0 Å². The Bertz CT molecular complexity index is 545. The molecule has 0 spiro atoms. The molecule has 1 aromatic rings. The molecule has 0 unspecified atom stereocenters. The Morgan fingerprint density at radius 3 is 2.26 bits per heavy atom. The van der Waals surface area contributed by atoms with Gasteiger partial charge in [-0.3, -0.25) is 4.52 Å². The molecule has 1 aromatic carbocycles. The molecule has 0 saturated heterocycles. The van der Waals surface area contributed by atoms with Gasteiger partial charge in [0.1, 0.15) is 0 Å². The minimum Gasteiger partial charge on any atom is -0.303 e. The van der Waals surface area contributed by atoms with Crippen molar-refractivity contribution >= 4 is 17.7 Å². The van der Waals surface area contributed by atoms with Gasteiger partial charge in [-0.25, -0.2) is 13.0 Å². The van der Waals surface area contributed by atoms with Crippen LogP contribution < -0.4 is 0 Å². The molecule has 0 heterocycles. The molecule has 0 fully saturated rings. The minimum atomic E-state index is -4.40. The molecule has 0 aromatic heterocycles. The van der Waals surface area contributed by atoms with Crippen LogP contribution in [0.25, 0.3) is 0 Å². The van der Waals surface area contributed by atoms with Gasteiger partial charge in [0.2, 0.25) is 0 Å². The van der Waals surface area contributed by atoms with E-state index >= 15 is 0 Å². The number of aryl methyl sites for hydroxylation is 1. The number of rotatable bonds is 7. The summed E-state index contributed by atoms with van der Waals surface area (Å²) in [4.78, 5) is 17.3. The molecule has 0 saturated carbocycles. The van der Waals surface area contributed by atoms with Crippen molar-refractivity contribution in [2.45, 2.75) is 24.7 Å². The zero-order chi connectivity index (χ0) is 14.5. The van der Waals surface area contributed by atoms with Gasteiger partial charge in [0.15, 0.2) is 9.84 Å². The van der Waals surface area contributed by atoms with Crippen LogP contribution in [0.2, 0.25) is 0 Å². The average Bonchev–Trinajstić information content (AvgIpc) is 2.34. The van der Waals surface area contributed by atoms with Gasteiger partial charge in [0.25, 0.3) is 0 Å². The number of phosphoric acid groups is 1. The number of benzene rings is 1. The van der Waals surface area contributed by atoms with E-state index < -0.39 is 17.7 Å². The maximum absolute atomic E-state index is 11.6. The van der Waals surface area contributed by atoms with Gasteiger partial charge in [0.05, 0.1) is 17.3 Å². The van der Waals surface area contributed by atoms with E-state index in [0.717, 1.165) is 5.56 Å². The lowest BCUT2D eigenvalue weighted by atomic mass is 10.1. The summed E-state index contributed by atoms with van der Waals surface area (Å²) < 4.78 is 37.9. The Hall–Kier alpha value is -0.720. The first-order chi connectivity index (χ1) is 8.74. The third kappa shape index (κ3) is 5.84. The van der Waals surface area contributed by atoms with E-state index in [4.69, 9.17) is 9.79 Å². The lowest BCUT2D eigenvalue weighted by Gasteiger charge is -2.06. The fraction of sp³-hybridized carbons (Fsp3) is 0.455. The number of hydrogen-bond donors (Lipinski definition) is 2. The largest absolute Gasteiger partial charge is 0.469 e. The van der Waals surface area contributed by atoms with Gasteiger partial charge < -0.3 is 9.79 Å². The van der Waals surface area contributed by atoms with Crippen LogP contribution in [-0.4, -0.2) is 30.6 Å². The molecule has 0 atom stereocenters. The van der Waals surface area contributed by atoms with Crippen molar-refractivity contribution in [1.82, 2.24) is 0 Å². The topological polar surface area (TPSA) is 101 Å². The lowest BCUT2D eigenvalue weighted by Crippen LogP contribution is -2.03. The fourth-order valence-electron chi connectivity index (χ4n) is 1.49. The summed E-state index contributed by atoms with van der Waals surface area (Å²) in [5.74, 6) is 0.0580. The van der Waals surface area contributed by atoms with E-state index in [1.807, 2.05) is 0 Å². The fourth-order valence-corrected chi connectivity index (χ4v) is 2.74. The van der Waals surface area contributed by atoms with E-state index in [1.54, 1.807) is 19.1 Å². The highest BCUT2D eigenvalue weighted by atomic mass is 32.2. The highest BCUT2D eigenvalue weighted by Gasteiger charge is 2.13. The summed E-state index contributed by atoms with van der Waals surface area (Å²) in [7, 11) is -7.59. The predicted molar refractivity (Wildman–Crippen MR) is 70.5 cm³/mol. The Kier molecular flexibility index (Phi) is 5.70. The highest BCUT2D eigenvalue weighted by Crippen LogP contribution is 2.35. The average molecular weight is 308 g/mol. The van der Waals surface area contributed by atoms with E-state index in [1.165, 1.54) is 12.1 Å². The SMILES string of the molecule is CCS(=O)(=O)c1ccc(CCCOP(=O)(O)O)cc1. The first-order valence-electron chi connectivity index (χ1n) is 5.76. The minimum absolute atomic E-state index is 0.0424. The summed E-state index contributed by atoms with van der Waals surface area (Å²) in [6, 6.07) is 6.47. The zero-order valence-corrected chi connectivity index (χ0v) is 12.2. The van der Waals surface area contributed by atoms with Gasteiger partial charge in [-0.2, -0.15) is 0 Å². The van der Waals surface area contributed by atoms with Crippen LogP contribution in [0.15, 0.2) is 29.2 Å². The first-order valence-corrected chi connectivity index (χ1v) is 8.94. The summed E-state index contributed by atoms with van der Waals surface area (Å²) in [6.07, 6.45) is 1.01. The van der Waals surface area contributed by atoms with Gasteiger partial charge >= 0.3 is 7.82 Å². The van der Waals surface area contributed by atoms with Gasteiger partial charge in [-0.15, -0.1) is 0 Å². The lowest BCUT2D eigenvalue weighted by molar-refractivity contribution is 0.195. The molecule has 19 heavy (non-hydrogen) atoms. The van der Waals surface area contributed by atoms with Crippen molar-refractivity contribution in [2.75, 3.05) is 12.4 Å². The van der Waals surface area contributed by atoms with Gasteiger partial charge in [-0.05, 0) is 30.5 Å². The molecule has 0 amide bonds. The quantitative estimate of drug-likeness (QED) is 0.585. The Balaban J connectivity index is 2.52. The molecule has 0 aliphatic carbocycles. The zero-order valence-electron chi connectivity index (χ0n) is 10.5. The molecule has 1 rings (SSSR count). The summed E-state index contributed by atoms with van der Waals surface area (Å²) in [6.45, 7) is 1.54. The smallest absolute Gasteiger partial charge is 0.303 e. The number of hydrogen-bond acceptors (Lipinski definition) is 4. The number of phosphoric ester groups is 1. The maximum Gasteiger partial charge on any atom is 0.469 e. The van der Waals surface area contributed by atoms with Crippen LogP contribution in [-0.2, 0) is 25.3 Å². The van der Waals surface area contributed by atoms with Crippen LogP contribution in [0.3, 0.4) is 0 Å². The van der Waals surface area contributed by atoms with E-state index in [-0.39, 0.29) is 17.3 Å². The second-order valence-electron chi connectivity index (χ2n) is 3.97. The Labute approximate surface area is 112 Å². The van der Waals surface area contributed by atoms with Crippen LogP contribution in [0.1, 0.15) is 18.9 Å². The maximum atomic E-state index is 11.6. The standard InChI is InChI=1S/C11H17O6PS/c1-2-19(15,16)11-7-5-10(6-8-11)4-3-9-17-18(12,13)14/h5-8H,2-4,9H2,1H3,(H2,12,13,14). The van der Waals surface area contributed by atoms with Crippen molar-refractivity contribution < 1.29 is 27.3 Å². The van der Waals surface area contributed by atoms with Crippen LogP contribution in [0.5, 0.6) is 0 Å². The van der Waals surface area contributed by atoms with Gasteiger partial charge in [-0.1, -0.05) is 19.1 Å². The summed E-state index contributed by atoms with van der Waals surface area (Å²) in [5.41, 5.74) is 0.893. The van der Waals surface area contributed by atoms with Crippen LogP contribution in [0, 0.1) is 0 Å². The molecule has 108 valence electrons. The van der Waals surface area contributed by atoms with Crippen LogP contribution >= 0.6 is 7.82 Å². The Morgan fingerprint density at radius 1 is 1.21 bits per heavy atom. The molecule has 8 heteroatoms. The van der Waals surface area contributed by atoms with E-state index in [9.17, 15) is 13.0 Å². The molecule has 0 aliphatic heterocycles. The van der Waals surface area contributed by atoms with E-state index in [0.29, 0.717) is 12.8 Å². The second kappa shape index (κ2) is 6.63. The normalized spacial score (nSPS) is 12.6. The molecular formula is C11H17O6PS. The molecule has 2 N–H and O–H groups in total.